The molecular formula is C12H12ClFO. The average molecular weight is 227 g/mol. The minimum atomic E-state index is -0.434. The van der Waals surface area contributed by atoms with Crippen LogP contribution in [0, 0.1) is 11.7 Å². The number of hydrogen-bond acceptors (Lipinski definition) is 1. The maximum Gasteiger partial charge on any atom is 0.141 e. The molecule has 1 nitrogen and oxygen atoms in total. The normalized spacial score (nSPS) is 16.1. The van der Waals surface area contributed by atoms with Crippen LogP contribution >= 0.6 is 11.6 Å². The predicted molar refractivity (Wildman–Crippen MR) is 57.5 cm³/mol. The summed E-state index contributed by atoms with van der Waals surface area (Å²) >= 11 is 5.64. The molecule has 0 saturated heterocycles. The Balaban J connectivity index is 2.03. The van der Waals surface area contributed by atoms with Crippen LogP contribution in [0.25, 0.3) is 0 Å². The molecular weight excluding hydrogens is 215 g/mol. The Morgan fingerprint density at radius 1 is 1.47 bits per heavy atom. The van der Waals surface area contributed by atoms with Crippen LogP contribution in [0.4, 0.5) is 4.39 Å². The molecule has 15 heavy (non-hydrogen) atoms. The number of benzene rings is 1. The van der Waals surface area contributed by atoms with Gasteiger partial charge in [0, 0.05) is 12.3 Å². The molecule has 0 radical (unpaired) electrons. The number of ketones is 1. The molecule has 1 aliphatic rings. The lowest BCUT2D eigenvalue weighted by molar-refractivity contribution is -0.124. The lowest BCUT2D eigenvalue weighted by atomic mass is 9.80. The van der Waals surface area contributed by atoms with Crippen LogP contribution in [0.2, 0.25) is 5.02 Å². The second kappa shape index (κ2) is 4.31. The van der Waals surface area contributed by atoms with Crippen LogP contribution in [0.3, 0.4) is 0 Å². The summed E-state index contributed by atoms with van der Waals surface area (Å²) in [6.45, 7) is 0. The largest absolute Gasteiger partial charge is 0.299 e. The topological polar surface area (TPSA) is 17.1 Å². The molecule has 0 spiro atoms. The Morgan fingerprint density at radius 3 is 2.73 bits per heavy atom. The van der Waals surface area contributed by atoms with Gasteiger partial charge in [0.2, 0.25) is 0 Å². The molecule has 1 fully saturated rings. The van der Waals surface area contributed by atoms with Crippen molar-refractivity contribution in [1.82, 2.24) is 0 Å². The lowest BCUT2D eigenvalue weighted by Crippen LogP contribution is -2.23. The number of Topliss-reactive ketones (excluding diaryl/α,β-unsaturated/α-hetero) is 1. The summed E-state index contributed by atoms with van der Waals surface area (Å²) in [4.78, 5) is 11.7. The van der Waals surface area contributed by atoms with Crippen LogP contribution in [0.5, 0.6) is 0 Å². The van der Waals surface area contributed by atoms with E-state index in [1.165, 1.54) is 12.1 Å². The fourth-order valence-electron chi connectivity index (χ4n) is 1.73. The zero-order valence-electron chi connectivity index (χ0n) is 8.30. The molecule has 1 saturated carbocycles. The number of halogens is 2. The Morgan fingerprint density at radius 2 is 2.20 bits per heavy atom. The average Bonchev–Trinajstić information content (AvgIpc) is 2.08. The molecule has 0 N–H and O–H groups in total. The first kappa shape index (κ1) is 10.6. The highest BCUT2D eigenvalue weighted by molar-refractivity contribution is 6.30. The first-order valence-electron chi connectivity index (χ1n) is 5.13. The van der Waals surface area contributed by atoms with E-state index >= 15 is 0 Å². The third kappa shape index (κ3) is 2.37. The van der Waals surface area contributed by atoms with Crippen molar-refractivity contribution in [3.8, 4) is 0 Å². The van der Waals surface area contributed by atoms with Gasteiger partial charge in [0.1, 0.15) is 11.6 Å². The summed E-state index contributed by atoms with van der Waals surface area (Å²) in [5, 5.41) is 0.0916. The second-order valence-corrected chi connectivity index (χ2v) is 4.43. The second-order valence-electron chi connectivity index (χ2n) is 4.02. The monoisotopic (exact) mass is 226 g/mol. The zero-order valence-corrected chi connectivity index (χ0v) is 9.06. The summed E-state index contributed by atoms with van der Waals surface area (Å²) in [5.74, 6) is 0.0502. The van der Waals surface area contributed by atoms with Gasteiger partial charge in [-0.15, -0.1) is 0 Å². The van der Waals surface area contributed by atoms with Crippen molar-refractivity contribution in [2.45, 2.75) is 25.7 Å². The molecule has 0 unspecified atom stereocenters. The van der Waals surface area contributed by atoms with Gasteiger partial charge < -0.3 is 0 Å². The summed E-state index contributed by atoms with van der Waals surface area (Å²) in [6, 6.07) is 4.47. The van der Waals surface area contributed by atoms with E-state index in [4.69, 9.17) is 11.6 Å². The molecule has 0 atom stereocenters. The van der Waals surface area contributed by atoms with Gasteiger partial charge in [-0.25, -0.2) is 4.39 Å². The van der Waals surface area contributed by atoms with Gasteiger partial charge in [0.25, 0.3) is 0 Å². The number of carbonyl (C=O) groups excluding carboxylic acids is 1. The highest BCUT2D eigenvalue weighted by atomic mass is 35.5. The molecule has 0 aliphatic heterocycles. The molecule has 0 aromatic heterocycles. The molecule has 0 heterocycles. The first-order valence-corrected chi connectivity index (χ1v) is 5.51. The van der Waals surface area contributed by atoms with Crippen molar-refractivity contribution in [1.29, 1.82) is 0 Å². The van der Waals surface area contributed by atoms with E-state index in [9.17, 15) is 9.18 Å². The van der Waals surface area contributed by atoms with E-state index in [1.54, 1.807) is 6.07 Å². The Hall–Kier alpha value is -0.890. The molecule has 3 heteroatoms. The molecule has 80 valence electrons. The molecule has 2 rings (SSSR count). The smallest absolute Gasteiger partial charge is 0.141 e. The third-order valence-corrected chi connectivity index (χ3v) is 3.21. The van der Waals surface area contributed by atoms with Crippen LogP contribution in [0.15, 0.2) is 18.2 Å². The van der Waals surface area contributed by atoms with E-state index in [0.29, 0.717) is 6.42 Å². The maximum absolute atomic E-state index is 12.9. The van der Waals surface area contributed by atoms with Crippen molar-refractivity contribution in [3.05, 3.63) is 34.6 Å². The number of hydrogen-bond donors (Lipinski definition) is 0. The lowest BCUT2D eigenvalue weighted by Gasteiger charge is -2.23. The van der Waals surface area contributed by atoms with Crippen molar-refractivity contribution in [2.75, 3.05) is 0 Å². The van der Waals surface area contributed by atoms with Gasteiger partial charge in [-0.2, -0.15) is 0 Å². The summed E-state index contributed by atoms with van der Waals surface area (Å²) in [6.07, 6.45) is 3.55. The van der Waals surface area contributed by atoms with Crippen molar-refractivity contribution >= 4 is 17.4 Å². The highest BCUT2D eigenvalue weighted by Gasteiger charge is 2.24. The van der Waals surface area contributed by atoms with E-state index < -0.39 is 5.82 Å². The number of carbonyl (C=O) groups is 1. The Kier molecular flexibility index (Phi) is 3.06. The fraction of sp³-hybridized carbons (Fsp3) is 0.417. The van der Waals surface area contributed by atoms with E-state index in [-0.39, 0.29) is 16.7 Å². The van der Waals surface area contributed by atoms with Crippen LogP contribution in [0.1, 0.15) is 24.8 Å². The van der Waals surface area contributed by atoms with E-state index in [0.717, 1.165) is 24.8 Å². The van der Waals surface area contributed by atoms with Gasteiger partial charge >= 0.3 is 0 Å². The highest BCUT2D eigenvalue weighted by Crippen LogP contribution is 2.28. The van der Waals surface area contributed by atoms with Crippen LogP contribution < -0.4 is 0 Å². The summed E-state index contributed by atoms with van der Waals surface area (Å²) < 4.78 is 12.9. The minimum absolute atomic E-state index is 0.0916. The fourth-order valence-corrected chi connectivity index (χ4v) is 1.93. The SMILES string of the molecule is O=C(Cc1ccc(F)c(Cl)c1)C1CCC1. The quantitative estimate of drug-likeness (QED) is 0.772. The van der Waals surface area contributed by atoms with Gasteiger partial charge in [-0.3, -0.25) is 4.79 Å². The van der Waals surface area contributed by atoms with Gasteiger partial charge in [0.15, 0.2) is 0 Å². The number of rotatable bonds is 3. The summed E-state index contributed by atoms with van der Waals surface area (Å²) in [7, 11) is 0. The van der Waals surface area contributed by atoms with Crippen molar-refractivity contribution in [2.24, 2.45) is 5.92 Å². The molecule has 0 amide bonds. The van der Waals surface area contributed by atoms with Crippen molar-refractivity contribution < 1.29 is 9.18 Å². The van der Waals surface area contributed by atoms with Gasteiger partial charge in [-0.1, -0.05) is 24.1 Å². The Bertz CT molecular complexity index is 385. The van der Waals surface area contributed by atoms with E-state index in [1.807, 2.05) is 0 Å². The van der Waals surface area contributed by atoms with Gasteiger partial charge in [0.05, 0.1) is 5.02 Å². The van der Waals surface area contributed by atoms with Gasteiger partial charge in [-0.05, 0) is 30.5 Å². The molecule has 1 aromatic rings. The Labute approximate surface area is 93.2 Å². The van der Waals surface area contributed by atoms with E-state index in [2.05, 4.69) is 0 Å². The zero-order chi connectivity index (χ0) is 10.8. The van der Waals surface area contributed by atoms with Crippen LogP contribution in [-0.2, 0) is 11.2 Å². The molecule has 1 aliphatic carbocycles. The van der Waals surface area contributed by atoms with Crippen molar-refractivity contribution in [3.63, 3.8) is 0 Å². The minimum Gasteiger partial charge on any atom is -0.299 e. The third-order valence-electron chi connectivity index (χ3n) is 2.92. The molecule has 1 aromatic carbocycles. The first-order chi connectivity index (χ1) is 7.16. The maximum atomic E-state index is 12.9. The van der Waals surface area contributed by atoms with Crippen LogP contribution in [-0.4, -0.2) is 5.78 Å². The predicted octanol–water partition coefficient (Wildman–Crippen LogP) is 3.39. The standard InChI is InChI=1S/C12H12ClFO/c13-10-6-8(4-5-11(10)14)7-12(15)9-2-1-3-9/h4-6,9H,1-3,7H2. The summed E-state index contributed by atoms with van der Waals surface area (Å²) in [5.41, 5.74) is 0.804. The molecule has 0 bridgehead atoms.